The molecule has 3 aromatic rings. The van der Waals surface area contributed by atoms with Crippen molar-refractivity contribution in [3.63, 3.8) is 0 Å². The molecule has 0 radical (unpaired) electrons. The topological polar surface area (TPSA) is 83.8 Å². The standard InChI is InChI=1S/C22H19N3O3S/c1-28-19-9-10-23-17-8-7-14(11-16(17)19)12-20-21(27)25-22(29-20)24-18(13-26)15-5-3-2-4-6-15/h2-12,18,26H,13H2,1H3,(H,24,25,27)/b20-12-/t18-/m0/s1. The summed E-state index contributed by atoms with van der Waals surface area (Å²) in [6.45, 7) is -0.138. The summed E-state index contributed by atoms with van der Waals surface area (Å²) < 4.78 is 5.40. The Kier molecular flexibility index (Phi) is 5.59. The van der Waals surface area contributed by atoms with Crippen LogP contribution in [0.2, 0.25) is 0 Å². The highest BCUT2D eigenvalue weighted by Crippen LogP contribution is 2.30. The maximum Gasteiger partial charge on any atom is 0.264 e. The number of pyridine rings is 1. The molecule has 1 aromatic heterocycles. The number of thioether (sulfide) groups is 1. The lowest BCUT2D eigenvalue weighted by Crippen LogP contribution is -2.21. The predicted octanol–water partition coefficient (Wildman–Crippen LogP) is 3.54. The van der Waals surface area contributed by atoms with Crippen LogP contribution in [0.5, 0.6) is 5.75 Å². The Bertz CT molecular complexity index is 1110. The van der Waals surface area contributed by atoms with E-state index in [2.05, 4.69) is 15.3 Å². The Labute approximate surface area is 172 Å². The summed E-state index contributed by atoms with van der Waals surface area (Å²) in [6, 6.07) is 16.6. The van der Waals surface area contributed by atoms with Crippen molar-refractivity contribution in [2.75, 3.05) is 13.7 Å². The number of nitrogens with zero attached hydrogens (tertiary/aromatic N) is 2. The number of aromatic nitrogens is 1. The molecule has 1 fully saturated rings. The van der Waals surface area contributed by atoms with Crippen molar-refractivity contribution >= 4 is 39.8 Å². The number of amides is 1. The molecule has 2 N–H and O–H groups in total. The maximum absolute atomic E-state index is 12.4. The number of fused-ring (bicyclic) bond motifs is 1. The van der Waals surface area contributed by atoms with Gasteiger partial charge in [0.25, 0.3) is 5.91 Å². The van der Waals surface area contributed by atoms with Gasteiger partial charge in [-0.1, -0.05) is 36.4 Å². The number of aliphatic hydroxyl groups excluding tert-OH is 1. The summed E-state index contributed by atoms with van der Waals surface area (Å²) in [4.78, 5) is 21.8. The van der Waals surface area contributed by atoms with Crippen LogP contribution in [0.25, 0.3) is 17.0 Å². The first-order chi connectivity index (χ1) is 14.2. The van der Waals surface area contributed by atoms with Crippen LogP contribution in [-0.4, -0.2) is 34.9 Å². The quantitative estimate of drug-likeness (QED) is 0.635. The molecule has 2 aromatic carbocycles. The third kappa shape index (κ3) is 4.16. The van der Waals surface area contributed by atoms with Crippen molar-refractivity contribution in [2.45, 2.75) is 6.04 Å². The minimum Gasteiger partial charge on any atom is -0.496 e. The molecule has 0 spiro atoms. The van der Waals surface area contributed by atoms with E-state index in [1.165, 1.54) is 11.8 Å². The third-order valence-corrected chi connectivity index (χ3v) is 5.45. The number of nitrogens with one attached hydrogen (secondary N) is 1. The second-order valence-electron chi connectivity index (χ2n) is 6.40. The summed E-state index contributed by atoms with van der Waals surface area (Å²) in [6.07, 6.45) is 3.51. The van der Waals surface area contributed by atoms with Crippen LogP contribution in [0.15, 0.2) is 70.7 Å². The fourth-order valence-electron chi connectivity index (χ4n) is 3.08. The largest absolute Gasteiger partial charge is 0.496 e. The highest BCUT2D eigenvalue weighted by Gasteiger charge is 2.25. The number of aliphatic imine (C=N–C) groups is 1. The van der Waals surface area contributed by atoms with E-state index in [-0.39, 0.29) is 12.5 Å². The molecule has 29 heavy (non-hydrogen) atoms. The fourth-order valence-corrected chi connectivity index (χ4v) is 3.95. The van der Waals surface area contributed by atoms with Gasteiger partial charge in [0.2, 0.25) is 0 Å². The van der Waals surface area contributed by atoms with Crippen LogP contribution in [0.1, 0.15) is 17.2 Å². The summed E-state index contributed by atoms with van der Waals surface area (Å²) in [5, 5.41) is 13.8. The molecular weight excluding hydrogens is 386 g/mol. The summed E-state index contributed by atoms with van der Waals surface area (Å²) >= 11 is 1.26. The molecule has 7 heteroatoms. The molecule has 1 amide bonds. The zero-order valence-corrected chi connectivity index (χ0v) is 16.5. The number of aliphatic hydroxyl groups is 1. The van der Waals surface area contributed by atoms with Crippen LogP contribution < -0.4 is 10.1 Å². The maximum atomic E-state index is 12.4. The van der Waals surface area contributed by atoms with Crippen LogP contribution in [0.3, 0.4) is 0 Å². The van der Waals surface area contributed by atoms with Crippen molar-refractivity contribution < 1.29 is 14.6 Å². The van der Waals surface area contributed by atoms with Crippen molar-refractivity contribution in [3.8, 4) is 5.75 Å². The minimum atomic E-state index is -0.422. The van der Waals surface area contributed by atoms with Crippen molar-refractivity contribution in [1.82, 2.24) is 10.3 Å². The lowest BCUT2D eigenvalue weighted by Gasteiger charge is -2.10. The Balaban J connectivity index is 1.61. The normalized spacial score (nSPS) is 17.7. The molecule has 0 bridgehead atoms. The molecule has 6 nitrogen and oxygen atoms in total. The predicted molar refractivity (Wildman–Crippen MR) is 116 cm³/mol. The highest BCUT2D eigenvalue weighted by atomic mass is 32.2. The second-order valence-corrected chi connectivity index (χ2v) is 7.43. The van der Waals surface area contributed by atoms with Gasteiger partial charge in [0, 0.05) is 11.6 Å². The third-order valence-electron chi connectivity index (χ3n) is 4.52. The van der Waals surface area contributed by atoms with Crippen LogP contribution in [0.4, 0.5) is 0 Å². The van der Waals surface area contributed by atoms with Gasteiger partial charge in [-0.3, -0.25) is 14.8 Å². The second kappa shape index (κ2) is 8.46. The van der Waals surface area contributed by atoms with E-state index in [4.69, 9.17) is 4.74 Å². The monoisotopic (exact) mass is 405 g/mol. The van der Waals surface area contributed by atoms with E-state index in [0.29, 0.717) is 10.1 Å². The van der Waals surface area contributed by atoms with Crippen LogP contribution >= 0.6 is 11.8 Å². The number of hydrogen-bond donors (Lipinski definition) is 2. The zero-order chi connectivity index (χ0) is 20.2. The lowest BCUT2D eigenvalue weighted by molar-refractivity contribution is -0.115. The van der Waals surface area contributed by atoms with Gasteiger partial charge in [0.05, 0.1) is 24.1 Å². The smallest absolute Gasteiger partial charge is 0.264 e. The molecule has 1 atom stereocenters. The van der Waals surface area contributed by atoms with E-state index in [1.54, 1.807) is 19.4 Å². The first kappa shape index (κ1) is 19.2. The molecular formula is C22H19N3O3S. The van der Waals surface area contributed by atoms with Gasteiger partial charge < -0.3 is 15.2 Å². The summed E-state index contributed by atoms with van der Waals surface area (Å²) in [5.41, 5.74) is 2.58. The van der Waals surface area contributed by atoms with E-state index in [0.717, 1.165) is 27.8 Å². The van der Waals surface area contributed by atoms with Gasteiger partial charge in [0.15, 0.2) is 5.17 Å². The molecule has 4 rings (SSSR count). The van der Waals surface area contributed by atoms with E-state index in [1.807, 2.05) is 54.6 Å². The molecule has 1 aliphatic heterocycles. The Hall–Kier alpha value is -3.16. The highest BCUT2D eigenvalue weighted by molar-refractivity contribution is 8.18. The van der Waals surface area contributed by atoms with Gasteiger partial charge >= 0.3 is 0 Å². The molecule has 0 saturated carbocycles. The average molecular weight is 405 g/mol. The van der Waals surface area contributed by atoms with Gasteiger partial charge in [-0.25, -0.2) is 0 Å². The molecule has 0 unspecified atom stereocenters. The van der Waals surface area contributed by atoms with E-state index in [9.17, 15) is 9.90 Å². The fraction of sp³-hybridized carbons (Fsp3) is 0.136. The first-order valence-electron chi connectivity index (χ1n) is 9.05. The Morgan fingerprint density at radius 1 is 1.24 bits per heavy atom. The van der Waals surface area contributed by atoms with Crippen LogP contribution in [0, 0.1) is 0 Å². The average Bonchev–Trinajstić information content (AvgIpc) is 3.10. The zero-order valence-electron chi connectivity index (χ0n) is 15.7. The summed E-state index contributed by atoms with van der Waals surface area (Å²) in [7, 11) is 1.62. The number of amidine groups is 1. The van der Waals surface area contributed by atoms with Crippen LogP contribution in [-0.2, 0) is 4.79 Å². The minimum absolute atomic E-state index is 0.138. The van der Waals surface area contributed by atoms with Crippen molar-refractivity contribution in [1.29, 1.82) is 0 Å². The lowest BCUT2D eigenvalue weighted by atomic mass is 10.1. The number of rotatable bonds is 5. The Morgan fingerprint density at radius 2 is 2.07 bits per heavy atom. The SMILES string of the molecule is COc1ccnc2ccc(/C=C3\SC(=N[C@@H](CO)c4ccccc4)NC3=O)cc12. The Morgan fingerprint density at radius 3 is 2.83 bits per heavy atom. The van der Waals surface area contributed by atoms with Crippen molar-refractivity contribution in [3.05, 3.63) is 76.8 Å². The number of methoxy groups -OCH3 is 1. The molecule has 0 aliphatic carbocycles. The first-order valence-corrected chi connectivity index (χ1v) is 9.87. The summed E-state index contributed by atoms with van der Waals surface area (Å²) in [5.74, 6) is 0.520. The van der Waals surface area contributed by atoms with Gasteiger partial charge in [-0.2, -0.15) is 0 Å². The number of benzene rings is 2. The van der Waals surface area contributed by atoms with Gasteiger partial charge in [0.1, 0.15) is 11.8 Å². The van der Waals surface area contributed by atoms with Gasteiger partial charge in [-0.05, 0) is 47.2 Å². The van der Waals surface area contributed by atoms with Crippen molar-refractivity contribution in [2.24, 2.45) is 4.99 Å². The molecule has 1 saturated heterocycles. The number of carbonyl (C=O) groups is 1. The molecule has 2 heterocycles. The molecule has 1 aliphatic rings. The van der Waals surface area contributed by atoms with E-state index >= 15 is 0 Å². The number of ether oxygens (including phenoxy) is 1. The number of carbonyl (C=O) groups excluding carboxylic acids is 1. The molecule has 146 valence electrons. The number of hydrogen-bond acceptors (Lipinski definition) is 6. The van der Waals surface area contributed by atoms with Gasteiger partial charge in [-0.15, -0.1) is 0 Å². The van der Waals surface area contributed by atoms with E-state index < -0.39 is 6.04 Å².